The molecule has 0 heterocycles. The lowest BCUT2D eigenvalue weighted by molar-refractivity contribution is -0.127. The molecule has 0 saturated carbocycles. The van der Waals surface area contributed by atoms with Crippen LogP contribution in [-0.2, 0) is 4.79 Å². The van der Waals surface area contributed by atoms with Gasteiger partial charge >= 0.3 is 0 Å². The number of ether oxygens (including phenoxy) is 1. The number of carbonyl (C=O) groups is 1. The highest BCUT2D eigenvalue weighted by Crippen LogP contribution is 2.17. The highest BCUT2D eigenvalue weighted by Gasteiger charge is 2.16. The Morgan fingerprint density at radius 1 is 1.42 bits per heavy atom. The lowest BCUT2D eigenvalue weighted by Crippen LogP contribution is -2.41. The zero-order valence-corrected chi connectivity index (χ0v) is 12.0. The van der Waals surface area contributed by atoms with Gasteiger partial charge in [0.2, 0.25) is 0 Å². The van der Waals surface area contributed by atoms with E-state index in [1.165, 1.54) is 12.1 Å². The number of amides is 1. The van der Waals surface area contributed by atoms with Crippen molar-refractivity contribution in [1.82, 2.24) is 5.32 Å². The van der Waals surface area contributed by atoms with E-state index in [1.807, 2.05) is 6.92 Å². The first-order valence-electron chi connectivity index (χ1n) is 6.67. The molecule has 1 N–H and O–H groups in total. The summed E-state index contributed by atoms with van der Waals surface area (Å²) in [5, 5.41) is 2.89. The molecular weight excluding hydrogens is 245 g/mol. The standard InChI is InChI=1S/C15H22FNO2/c1-5-6-11(3)17-15(18)12(4)19-13-7-8-14(16)10(2)9-13/h7-9,11-12H,5-6H2,1-4H3,(H,17,18). The van der Waals surface area contributed by atoms with E-state index in [1.54, 1.807) is 19.9 Å². The van der Waals surface area contributed by atoms with Crippen LogP contribution in [0.5, 0.6) is 5.75 Å². The van der Waals surface area contributed by atoms with Crippen molar-refractivity contribution < 1.29 is 13.9 Å². The first-order valence-corrected chi connectivity index (χ1v) is 6.67. The number of halogens is 1. The summed E-state index contributed by atoms with van der Waals surface area (Å²) in [6.45, 7) is 7.39. The van der Waals surface area contributed by atoms with Gasteiger partial charge in [-0.05, 0) is 51.0 Å². The number of aryl methyl sites for hydroxylation is 1. The molecule has 106 valence electrons. The molecule has 0 aliphatic heterocycles. The molecule has 0 aromatic heterocycles. The average molecular weight is 267 g/mol. The van der Waals surface area contributed by atoms with Crippen LogP contribution in [0.25, 0.3) is 0 Å². The number of benzene rings is 1. The Morgan fingerprint density at radius 2 is 2.11 bits per heavy atom. The molecular formula is C15H22FNO2. The Balaban J connectivity index is 2.56. The van der Waals surface area contributed by atoms with Gasteiger partial charge in [-0.25, -0.2) is 4.39 Å². The monoisotopic (exact) mass is 267 g/mol. The van der Waals surface area contributed by atoms with Crippen molar-refractivity contribution in [3.63, 3.8) is 0 Å². The van der Waals surface area contributed by atoms with Gasteiger partial charge in [-0.2, -0.15) is 0 Å². The van der Waals surface area contributed by atoms with Gasteiger partial charge in [-0.1, -0.05) is 13.3 Å². The molecule has 0 radical (unpaired) electrons. The summed E-state index contributed by atoms with van der Waals surface area (Å²) in [4.78, 5) is 11.9. The molecule has 1 aromatic rings. The van der Waals surface area contributed by atoms with Gasteiger partial charge in [-0.3, -0.25) is 4.79 Å². The van der Waals surface area contributed by atoms with Crippen molar-refractivity contribution in [2.75, 3.05) is 0 Å². The van der Waals surface area contributed by atoms with Gasteiger partial charge in [-0.15, -0.1) is 0 Å². The minimum atomic E-state index is -0.593. The Labute approximate surface area is 114 Å². The maximum absolute atomic E-state index is 13.1. The van der Waals surface area contributed by atoms with Gasteiger partial charge in [0.05, 0.1) is 0 Å². The van der Waals surface area contributed by atoms with E-state index in [0.717, 1.165) is 12.8 Å². The van der Waals surface area contributed by atoms with E-state index in [9.17, 15) is 9.18 Å². The van der Waals surface area contributed by atoms with Crippen molar-refractivity contribution in [1.29, 1.82) is 0 Å². The molecule has 0 spiro atoms. The SMILES string of the molecule is CCCC(C)NC(=O)C(C)Oc1ccc(F)c(C)c1. The summed E-state index contributed by atoms with van der Waals surface area (Å²) < 4.78 is 18.6. The summed E-state index contributed by atoms with van der Waals surface area (Å²) in [6.07, 6.45) is 1.37. The average Bonchev–Trinajstić information content (AvgIpc) is 2.34. The Kier molecular flexibility index (Phi) is 5.80. The molecule has 1 aromatic carbocycles. The molecule has 1 amide bonds. The Morgan fingerprint density at radius 3 is 2.68 bits per heavy atom. The van der Waals surface area contributed by atoms with Crippen molar-refractivity contribution in [3.05, 3.63) is 29.6 Å². The first-order chi connectivity index (χ1) is 8.93. The summed E-state index contributed by atoms with van der Waals surface area (Å²) in [5.41, 5.74) is 0.504. The predicted molar refractivity (Wildman–Crippen MR) is 73.7 cm³/mol. The van der Waals surface area contributed by atoms with E-state index in [4.69, 9.17) is 4.74 Å². The minimum absolute atomic E-state index is 0.138. The van der Waals surface area contributed by atoms with Gasteiger partial charge in [0.25, 0.3) is 5.91 Å². The summed E-state index contributed by atoms with van der Waals surface area (Å²) in [7, 11) is 0. The zero-order valence-electron chi connectivity index (χ0n) is 12.0. The number of nitrogens with one attached hydrogen (secondary N) is 1. The molecule has 0 aliphatic rings. The Bertz CT molecular complexity index is 434. The van der Waals surface area contributed by atoms with Crippen LogP contribution < -0.4 is 10.1 Å². The number of hydrogen-bond acceptors (Lipinski definition) is 2. The third kappa shape index (κ3) is 4.89. The fourth-order valence-electron chi connectivity index (χ4n) is 1.81. The number of carbonyl (C=O) groups excluding carboxylic acids is 1. The second kappa shape index (κ2) is 7.12. The Hall–Kier alpha value is -1.58. The number of rotatable bonds is 6. The third-order valence-electron chi connectivity index (χ3n) is 2.92. The summed E-state index contributed by atoms with van der Waals surface area (Å²) in [5.74, 6) is 0.0774. The lowest BCUT2D eigenvalue weighted by atomic mass is 10.2. The van der Waals surface area contributed by atoms with Crippen LogP contribution in [0.2, 0.25) is 0 Å². The van der Waals surface area contributed by atoms with E-state index >= 15 is 0 Å². The maximum atomic E-state index is 13.1. The first kappa shape index (κ1) is 15.5. The van der Waals surface area contributed by atoms with Gasteiger partial charge in [0.1, 0.15) is 11.6 Å². The van der Waals surface area contributed by atoms with Crippen LogP contribution in [0.15, 0.2) is 18.2 Å². The van der Waals surface area contributed by atoms with Gasteiger partial charge in [0, 0.05) is 6.04 Å². The minimum Gasteiger partial charge on any atom is -0.481 e. The molecule has 0 saturated heterocycles. The molecule has 0 aliphatic carbocycles. The maximum Gasteiger partial charge on any atom is 0.260 e. The van der Waals surface area contributed by atoms with Crippen molar-refractivity contribution in [2.45, 2.75) is 52.7 Å². The molecule has 19 heavy (non-hydrogen) atoms. The lowest BCUT2D eigenvalue weighted by Gasteiger charge is -2.18. The van der Waals surface area contributed by atoms with Crippen molar-refractivity contribution in [2.24, 2.45) is 0 Å². The van der Waals surface area contributed by atoms with Crippen LogP contribution in [0.4, 0.5) is 4.39 Å². The van der Waals surface area contributed by atoms with E-state index < -0.39 is 6.10 Å². The molecule has 2 unspecified atom stereocenters. The van der Waals surface area contributed by atoms with E-state index in [2.05, 4.69) is 12.2 Å². The van der Waals surface area contributed by atoms with Crippen molar-refractivity contribution in [3.8, 4) is 5.75 Å². The van der Waals surface area contributed by atoms with Crippen LogP contribution in [-0.4, -0.2) is 18.1 Å². The second-order valence-electron chi connectivity index (χ2n) is 4.87. The fourth-order valence-corrected chi connectivity index (χ4v) is 1.81. The fraction of sp³-hybridized carbons (Fsp3) is 0.533. The quantitative estimate of drug-likeness (QED) is 0.859. The zero-order chi connectivity index (χ0) is 14.4. The molecule has 3 nitrogen and oxygen atoms in total. The van der Waals surface area contributed by atoms with E-state index in [-0.39, 0.29) is 17.8 Å². The van der Waals surface area contributed by atoms with Gasteiger partial charge < -0.3 is 10.1 Å². The van der Waals surface area contributed by atoms with Crippen LogP contribution >= 0.6 is 0 Å². The normalized spacial score (nSPS) is 13.7. The summed E-state index contributed by atoms with van der Waals surface area (Å²) >= 11 is 0. The molecule has 0 bridgehead atoms. The largest absolute Gasteiger partial charge is 0.481 e. The van der Waals surface area contributed by atoms with Gasteiger partial charge in [0.15, 0.2) is 6.10 Å². The smallest absolute Gasteiger partial charge is 0.260 e. The topological polar surface area (TPSA) is 38.3 Å². The molecule has 0 fully saturated rings. The van der Waals surface area contributed by atoms with Crippen molar-refractivity contribution >= 4 is 5.91 Å². The summed E-state index contributed by atoms with van der Waals surface area (Å²) in [6, 6.07) is 4.60. The van der Waals surface area contributed by atoms with Crippen LogP contribution in [0.3, 0.4) is 0 Å². The second-order valence-corrected chi connectivity index (χ2v) is 4.87. The highest BCUT2D eigenvalue weighted by atomic mass is 19.1. The predicted octanol–water partition coefficient (Wildman–Crippen LogP) is 3.21. The third-order valence-corrected chi connectivity index (χ3v) is 2.92. The van der Waals surface area contributed by atoms with Crippen LogP contribution in [0, 0.1) is 12.7 Å². The molecule has 1 rings (SSSR count). The molecule has 4 heteroatoms. The number of hydrogen-bond donors (Lipinski definition) is 1. The molecule has 2 atom stereocenters. The van der Waals surface area contributed by atoms with Crippen LogP contribution in [0.1, 0.15) is 39.2 Å². The highest BCUT2D eigenvalue weighted by molar-refractivity contribution is 5.80. The van der Waals surface area contributed by atoms with E-state index in [0.29, 0.717) is 11.3 Å².